The Bertz CT molecular complexity index is 599. The Morgan fingerprint density at radius 2 is 1.83 bits per heavy atom. The molecule has 0 atom stereocenters. The van der Waals surface area contributed by atoms with Crippen molar-refractivity contribution in [2.45, 2.75) is 13.8 Å². The van der Waals surface area contributed by atoms with E-state index in [0.29, 0.717) is 20.8 Å². The summed E-state index contributed by atoms with van der Waals surface area (Å²) in [5.74, 6) is 0.717. The zero-order valence-corrected chi connectivity index (χ0v) is 12.3. The van der Waals surface area contributed by atoms with Crippen molar-refractivity contribution in [3.63, 3.8) is 0 Å². The monoisotopic (exact) mass is 357 g/mol. The summed E-state index contributed by atoms with van der Waals surface area (Å²) in [4.78, 5) is 0. The van der Waals surface area contributed by atoms with E-state index in [1.54, 1.807) is 6.07 Å². The highest BCUT2D eigenvalue weighted by Gasteiger charge is 2.09. The van der Waals surface area contributed by atoms with Gasteiger partial charge in [-0.3, -0.25) is 0 Å². The van der Waals surface area contributed by atoms with Gasteiger partial charge in [0.25, 0.3) is 0 Å². The molecular formula is C14H13FINO. The molecule has 0 saturated carbocycles. The minimum atomic E-state index is -0.329. The van der Waals surface area contributed by atoms with E-state index >= 15 is 0 Å². The molecule has 0 heterocycles. The molecular weight excluding hydrogens is 344 g/mol. The zero-order chi connectivity index (χ0) is 13.3. The predicted molar refractivity (Wildman–Crippen MR) is 79.5 cm³/mol. The molecule has 0 fully saturated rings. The van der Waals surface area contributed by atoms with Crippen molar-refractivity contribution in [1.29, 1.82) is 0 Å². The Morgan fingerprint density at radius 1 is 1.11 bits per heavy atom. The summed E-state index contributed by atoms with van der Waals surface area (Å²) in [6.07, 6.45) is 0. The van der Waals surface area contributed by atoms with Crippen LogP contribution in [0.4, 0.5) is 10.1 Å². The summed E-state index contributed by atoms with van der Waals surface area (Å²) in [5, 5.41) is 0. The number of hydrogen-bond acceptors (Lipinski definition) is 2. The average molecular weight is 357 g/mol. The Morgan fingerprint density at radius 3 is 2.56 bits per heavy atom. The fraction of sp³-hybridized carbons (Fsp3) is 0.143. The van der Waals surface area contributed by atoms with Gasteiger partial charge >= 0.3 is 0 Å². The van der Waals surface area contributed by atoms with Crippen molar-refractivity contribution in [3.8, 4) is 11.5 Å². The first-order chi connectivity index (χ1) is 8.47. The molecule has 0 unspecified atom stereocenters. The normalized spacial score (nSPS) is 10.4. The molecule has 2 aromatic carbocycles. The SMILES string of the molecule is Cc1ccc(C)c(Oc2cc(F)c(I)cc2N)c1. The topological polar surface area (TPSA) is 35.2 Å². The first kappa shape index (κ1) is 13.1. The second-order valence-electron chi connectivity index (χ2n) is 4.18. The van der Waals surface area contributed by atoms with E-state index in [4.69, 9.17) is 10.5 Å². The molecule has 0 aliphatic heterocycles. The Kier molecular flexibility index (Phi) is 3.75. The molecule has 18 heavy (non-hydrogen) atoms. The lowest BCUT2D eigenvalue weighted by Crippen LogP contribution is -1.96. The molecule has 0 radical (unpaired) electrons. The number of ether oxygens (including phenoxy) is 1. The van der Waals surface area contributed by atoms with E-state index in [9.17, 15) is 4.39 Å². The first-order valence-electron chi connectivity index (χ1n) is 5.47. The van der Waals surface area contributed by atoms with Gasteiger partial charge in [0.1, 0.15) is 11.6 Å². The standard InChI is InChI=1S/C14H13FINO/c1-8-3-4-9(2)13(5-8)18-14-6-10(15)11(16)7-12(14)17/h3-7H,17H2,1-2H3. The maximum atomic E-state index is 13.5. The largest absolute Gasteiger partial charge is 0.455 e. The van der Waals surface area contributed by atoms with Crippen molar-refractivity contribution in [2.75, 3.05) is 5.73 Å². The van der Waals surface area contributed by atoms with Gasteiger partial charge in [0.15, 0.2) is 5.75 Å². The van der Waals surface area contributed by atoms with Gasteiger partial charge < -0.3 is 10.5 Å². The molecule has 0 aliphatic carbocycles. The maximum Gasteiger partial charge on any atom is 0.153 e. The molecule has 94 valence electrons. The van der Waals surface area contributed by atoms with Gasteiger partial charge in [0, 0.05) is 6.07 Å². The third-order valence-electron chi connectivity index (χ3n) is 2.62. The van der Waals surface area contributed by atoms with Gasteiger partial charge in [-0.1, -0.05) is 12.1 Å². The van der Waals surface area contributed by atoms with Crippen molar-refractivity contribution in [2.24, 2.45) is 0 Å². The van der Waals surface area contributed by atoms with Crippen LogP contribution in [0.5, 0.6) is 11.5 Å². The van der Waals surface area contributed by atoms with Crippen LogP contribution in [0.3, 0.4) is 0 Å². The molecule has 0 aliphatic rings. The minimum absolute atomic E-state index is 0.329. The van der Waals surface area contributed by atoms with Gasteiger partial charge in [-0.25, -0.2) is 4.39 Å². The Labute approximate surface area is 119 Å². The van der Waals surface area contributed by atoms with Crippen LogP contribution >= 0.6 is 22.6 Å². The van der Waals surface area contributed by atoms with E-state index in [0.717, 1.165) is 11.1 Å². The number of anilines is 1. The predicted octanol–water partition coefficient (Wildman–Crippen LogP) is 4.42. The molecule has 2 rings (SSSR count). The fourth-order valence-electron chi connectivity index (χ4n) is 1.57. The minimum Gasteiger partial charge on any atom is -0.455 e. The molecule has 2 N–H and O–H groups in total. The molecule has 0 saturated heterocycles. The van der Waals surface area contributed by atoms with Crippen LogP contribution in [0.2, 0.25) is 0 Å². The highest BCUT2D eigenvalue weighted by molar-refractivity contribution is 14.1. The van der Waals surface area contributed by atoms with Crippen molar-refractivity contribution in [1.82, 2.24) is 0 Å². The Balaban J connectivity index is 2.40. The van der Waals surface area contributed by atoms with Gasteiger partial charge in [-0.15, -0.1) is 0 Å². The van der Waals surface area contributed by atoms with Crippen LogP contribution in [-0.2, 0) is 0 Å². The smallest absolute Gasteiger partial charge is 0.153 e. The number of aryl methyl sites for hydroxylation is 2. The van der Waals surface area contributed by atoms with Crippen LogP contribution in [0.15, 0.2) is 30.3 Å². The third kappa shape index (κ3) is 2.75. The van der Waals surface area contributed by atoms with Crippen molar-refractivity contribution < 1.29 is 9.13 Å². The summed E-state index contributed by atoms with van der Waals surface area (Å²) in [6.45, 7) is 3.91. The zero-order valence-electron chi connectivity index (χ0n) is 10.1. The Hall–Kier alpha value is -1.30. The molecule has 0 bridgehead atoms. The molecule has 2 aromatic rings. The summed E-state index contributed by atoms with van der Waals surface area (Å²) < 4.78 is 19.7. The van der Waals surface area contributed by atoms with E-state index < -0.39 is 0 Å². The summed E-state index contributed by atoms with van der Waals surface area (Å²) in [7, 11) is 0. The van der Waals surface area contributed by atoms with E-state index in [-0.39, 0.29) is 5.82 Å². The number of rotatable bonds is 2. The second-order valence-corrected chi connectivity index (χ2v) is 5.34. The molecule has 0 aromatic heterocycles. The van der Waals surface area contributed by atoms with E-state index in [2.05, 4.69) is 0 Å². The highest BCUT2D eigenvalue weighted by atomic mass is 127. The second kappa shape index (κ2) is 5.14. The first-order valence-corrected chi connectivity index (χ1v) is 6.55. The number of nitrogens with two attached hydrogens (primary N) is 1. The van der Waals surface area contributed by atoms with E-state index in [1.807, 2.05) is 54.6 Å². The number of benzene rings is 2. The summed E-state index contributed by atoms with van der Waals surface area (Å²) in [6, 6.07) is 8.75. The van der Waals surface area contributed by atoms with Crippen molar-refractivity contribution >= 4 is 28.3 Å². The summed E-state index contributed by atoms with van der Waals surface area (Å²) >= 11 is 1.90. The van der Waals surface area contributed by atoms with Crippen LogP contribution in [-0.4, -0.2) is 0 Å². The number of nitrogen functional groups attached to an aromatic ring is 1. The lowest BCUT2D eigenvalue weighted by molar-refractivity contribution is 0.474. The van der Waals surface area contributed by atoms with E-state index in [1.165, 1.54) is 6.07 Å². The van der Waals surface area contributed by atoms with Crippen LogP contribution in [0, 0.1) is 23.2 Å². The summed E-state index contributed by atoms with van der Waals surface area (Å²) in [5.41, 5.74) is 8.33. The fourth-order valence-corrected chi connectivity index (χ4v) is 2.06. The number of halogens is 2. The lowest BCUT2D eigenvalue weighted by Gasteiger charge is -2.12. The van der Waals surface area contributed by atoms with Crippen LogP contribution < -0.4 is 10.5 Å². The third-order valence-corrected chi connectivity index (χ3v) is 3.44. The highest BCUT2D eigenvalue weighted by Crippen LogP contribution is 2.32. The quantitative estimate of drug-likeness (QED) is 0.638. The number of hydrogen-bond donors (Lipinski definition) is 1. The van der Waals surface area contributed by atoms with Gasteiger partial charge in [-0.2, -0.15) is 0 Å². The molecule has 4 heteroatoms. The average Bonchev–Trinajstić information content (AvgIpc) is 2.30. The molecule has 2 nitrogen and oxygen atoms in total. The lowest BCUT2D eigenvalue weighted by atomic mass is 10.1. The van der Waals surface area contributed by atoms with Gasteiger partial charge in [-0.05, 0) is 59.7 Å². The van der Waals surface area contributed by atoms with Crippen LogP contribution in [0.1, 0.15) is 11.1 Å². The van der Waals surface area contributed by atoms with Crippen LogP contribution in [0.25, 0.3) is 0 Å². The molecule has 0 amide bonds. The van der Waals surface area contributed by atoms with Gasteiger partial charge in [0.2, 0.25) is 0 Å². The molecule has 0 spiro atoms. The maximum absolute atomic E-state index is 13.5. The van der Waals surface area contributed by atoms with Gasteiger partial charge in [0.05, 0.1) is 9.26 Å². The van der Waals surface area contributed by atoms with Crippen molar-refractivity contribution in [3.05, 3.63) is 50.8 Å².